The Morgan fingerprint density at radius 2 is 2.08 bits per heavy atom. The Hall–Kier alpha value is -0.180. The molecule has 0 aromatic carbocycles. The number of amides is 1. The molecule has 1 saturated heterocycles. The molecule has 0 radical (unpaired) electrons. The number of primary amides is 1. The molecule has 5 heteroatoms. The molecule has 0 spiro atoms. The van der Waals surface area contributed by atoms with Gasteiger partial charge in [0.05, 0.1) is 5.54 Å². The van der Waals surface area contributed by atoms with Crippen LogP contribution in [0, 0.1) is 0 Å². The maximum Gasteiger partial charge on any atom is 0.237 e. The second-order valence-corrected chi connectivity index (χ2v) is 3.96. The molecule has 4 nitrogen and oxygen atoms in total. The number of hydrogen-bond donors (Lipinski definition) is 2. The number of carbonyl (C=O) groups excluding carboxylic acids is 1. The van der Waals surface area contributed by atoms with E-state index in [-0.39, 0.29) is 5.91 Å². The molecule has 0 aromatic heterocycles. The Labute approximate surface area is 75.1 Å². The van der Waals surface area contributed by atoms with E-state index in [0.717, 1.165) is 25.9 Å². The van der Waals surface area contributed by atoms with Crippen LogP contribution in [-0.2, 0) is 4.79 Å². The van der Waals surface area contributed by atoms with E-state index in [9.17, 15) is 4.79 Å². The molecule has 70 valence electrons. The summed E-state index contributed by atoms with van der Waals surface area (Å²) in [4.78, 5) is 11.1. The molecule has 0 saturated carbocycles. The minimum atomic E-state index is -0.465. The van der Waals surface area contributed by atoms with E-state index < -0.39 is 5.54 Å². The van der Waals surface area contributed by atoms with Gasteiger partial charge in [0.15, 0.2) is 0 Å². The monoisotopic (exact) mass is 189 g/mol. The zero-order chi connectivity index (χ0) is 9.19. The summed E-state index contributed by atoms with van der Waals surface area (Å²) in [5, 5.41) is 3.03. The lowest BCUT2D eigenvalue weighted by Gasteiger charge is -2.37. The van der Waals surface area contributed by atoms with Crippen molar-refractivity contribution in [3.63, 3.8) is 0 Å². The third kappa shape index (κ3) is 1.76. The Balaban J connectivity index is 2.63. The lowest BCUT2D eigenvalue weighted by atomic mass is 9.88. The SMILES string of the molecule is CNC1(C(N)=O)CCN(P)CC1. The van der Waals surface area contributed by atoms with Crippen molar-refractivity contribution in [2.24, 2.45) is 5.73 Å². The average Bonchev–Trinajstić information content (AvgIpc) is 2.06. The molecule has 1 amide bonds. The van der Waals surface area contributed by atoms with Crippen LogP contribution in [0.15, 0.2) is 0 Å². The number of nitrogens with one attached hydrogen (secondary N) is 1. The first-order valence-corrected chi connectivity index (χ1v) is 4.61. The summed E-state index contributed by atoms with van der Waals surface area (Å²) in [7, 11) is 4.44. The standard InChI is InChI=1S/C7H16N3OP/c1-9-7(6(8)11)2-4-10(12)5-3-7/h9H,2-5,12H2,1H3,(H2,8,11). The van der Waals surface area contributed by atoms with Gasteiger partial charge in [0, 0.05) is 13.1 Å². The van der Waals surface area contributed by atoms with Crippen LogP contribution in [0.4, 0.5) is 0 Å². The predicted molar refractivity (Wildman–Crippen MR) is 51.5 cm³/mol. The zero-order valence-corrected chi connectivity index (χ0v) is 8.49. The highest BCUT2D eigenvalue weighted by molar-refractivity contribution is 7.13. The molecule has 1 fully saturated rings. The van der Waals surface area contributed by atoms with Crippen molar-refractivity contribution < 1.29 is 4.79 Å². The maximum absolute atomic E-state index is 11.1. The molecule has 0 bridgehead atoms. The molecule has 1 aliphatic heterocycles. The van der Waals surface area contributed by atoms with Crippen molar-refractivity contribution in [3.05, 3.63) is 0 Å². The Morgan fingerprint density at radius 1 is 1.58 bits per heavy atom. The number of nitrogens with two attached hydrogens (primary N) is 1. The van der Waals surface area contributed by atoms with E-state index in [0.29, 0.717) is 0 Å². The van der Waals surface area contributed by atoms with Crippen LogP contribution < -0.4 is 11.1 Å². The van der Waals surface area contributed by atoms with Gasteiger partial charge >= 0.3 is 0 Å². The average molecular weight is 189 g/mol. The first-order valence-electron chi connectivity index (χ1n) is 4.09. The summed E-state index contributed by atoms with van der Waals surface area (Å²) in [5.74, 6) is -0.233. The Bertz CT molecular complexity index is 177. The molecule has 1 unspecified atom stereocenters. The molecule has 0 aliphatic carbocycles. The van der Waals surface area contributed by atoms with Gasteiger partial charge in [-0.05, 0) is 19.9 Å². The van der Waals surface area contributed by atoms with E-state index in [4.69, 9.17) is 5.73 Å². The molecule has 1 aliphatic rings. The smallest absolute Gasteiger partial charge is 0.237 e. The largest absolute Gasteiger partial charge is 0.368 e. The maximum atomic E-state index is 11.1. The number of hydrogen-bond acceptors (Lipinski definition) is 3. The molecule has 1 heterocycles. The van der Waals surface area contributed by atoms with Gasteiger partial charge in [-0.15, -0.1) is 0 Å². The van der Waals surface area contributed by atoms with Crippen LogP contribution in [0.25, 0.3) is 0 Å². The van der Waals surface area contributed by atoms with Crippen molar-refractivity contribution in [3.8, 4) is 0 Å². The first kappa shape index (κ1) is 9.90. The highest BCUT2D eigenvalue weighted by Crippen LogP contribution is 2.23. The summed E-state index contributed by atoms with van der Waals surface area (Å²) in [5.41, 5.74) is 4.87. The fourth-order valence-electron chi connectivity index (χ4n) is 1.53. The third-order valence-corrected chi connectivity index (χ3v) is 3.12. The molecule has 1 rings (SSSR count). The van der Waals surface area contributed by atoms with Gasteiger partial charge in [-0.1, -0.05) is 9.39 Å². The van der Waals surface area contributed by atoms with Crippen molar-refractivity contribution in [1.29, 1.82) is 0 Å². The highest BCUT2D eigenvalue weighted by atomic mass is 31.0. The second kappa shape index (κ2) is 3.69. The summed E-state index contributed by atoms with van der Waals surface area (Å²) < 4.78 is 2.12. The van der Waals surface area contributed by atoms with Crippen LogP contribution >= 0.6 is 9.39 Å². The van der Waals surface area contributed by atoms with Crippen LogP contribution in [0.2, 0.25) is 0 Å². The summed E-state index contributed by atoms with van der Waals surface area (Å²) in [6.45, 7) is 1.79. The van der Waals surface area contributed by atoms with Crippen molar-refractivity contribution in [2.45, 2.75) is 18.4 Å². The third-order valence-electron chi connectivity index (χ3n) is 2.60. The van der Waals surface area contributed by atoms with Crippen LogP contribution in [0.5, 0.6) is 0 Å². The van der Waals surface area contributed by atoms with Crippen LogP contribution in [0.3, 0.4) is 0 Å². The molecule has 3 N–H and O–H groups in total. The number of rotatable bonds is 2. The van der Waals surface area contributed by atoms with Crippen LogP contribution in [-0.4, -0.2) is 36.3 Å². The van der Waals surface area contributed by atoms with Crippen molar-refractivity contribution in [1.82, 2.24) is 9.99 Å². The summed E-state index contributed by atoms with van der Waals surface area (Å²) in [6, 6.07) is 0. The lowest BCUT2D eigenvalue weighted by Crippen LogP contribution is -2.58. The van der Waals surface area contributed by atoms with Gasteiger partial charge in [-0.25, -0.2) is 0 Å². The molecular formula is C7H16N3OP. The van der Waals surface area contributed by atoms with Gasteiger partial charge in [0.1, 0.15) is 0 Å². The fourth-order valence-corrected chi connectivity index (χ4v) is 1.78. The number of piperidine rings is 1. The quantitative estimate of drug-likeness (QED) is 0.566. The number of nitrogens with zero attached hydrogens (tertiary/aromatic N) is 1. The fraction of sp³-hybridized carbons (Fsp3) is 0.857. The van der Waals surface area contributed by atoms with E-state index >= 15 is 0 Å². The minimum absolute atomic E-state index is 0.233. The topological polar surface area (TPSA) is 58.4 Å². The Morgan fingerprint density at radius 3 is 2.42 bits per heavy atom. The normalized spacial score (nSPS) is 23.8. The number of carbonyl (C=O) groups is 1. The molecular weight excluding hydrogens is 173 g/mol. The highest BCUT2D eigenvalue weighted by Gasteiger charge is 2.37. The van der Waals surface area contributed by atoms with Crippen molar-refractivity contribution in [2.75, 3.05) is 20.1 Å². The lowest BCUT2D eigenvalue weighted by molar-refractivity contribution is -0.125. The van der Waals surface area contributed by atoms with E-state index in [1.54, 1.807) is 7.05 Å². The van der Waals surface area contributed by atoms with Crippen molar-refractivity contribution >= 4 is 15.3 Å². The van der Waals surface area contributed by atoms with Gasteiger partial charge in [-0.2, -0.15) is 0 Å². The predicted octanol–water partition coefficient (Wildman–Crippen LogP) is -0.684. The molecule has 0 aromatic rings. The first-order chi connectivity index (χ1) is 5.60. The van der Waals surface area contributed by atoms with Crippen LogP contribution in [0.1, 0.15) is 12.8 Å². The van der Waals surface area contributed by atoms with Gasteiger partial charge in [0.25, 0.3) is 0 Å². The van der Waals surface area contributed by atoms with E-state index in [2.05, 4.69) is 19.4 Å². The van der Waals surface area contributed by atoms with Gasteiger partial charge in [-0.3, -0.25) is 9.46 Å². The second-order valence-electron chi connectivity index (χ2n) is 3.23. The summed E-state index contributed by atoms with van der Waals surface area (Å²) in [6.07, 6.45) is 1.59. The van der Waals surface area contributed by atoms with E-state index in [1.165, 1.54) is 0 Å². The zero-order valence-electron chi connectivity index (χ0n) is 7.34. The summed E-state index contributed by atoms with van der Waals surface area (Å²) >= 11 is 0. The molecule has 12 heavy (non-hydrogen) atoms. The van der Waals surface area contributed by atoms with Gasteiger partial charge < -0.3 is 11.1 Å². The van der Waals surface area contributed by atoms with E-state index in [1.807, 2.05) is 0 Å². The number of likely N-dealkylation sites (N-methyl/N-ethyl adjacent to an activating group) is 1. The van der Waals surface area contributed by atoms with Gasteiger partial charge in [0.2, 0.25) is 5.91 Å². The molecule has 1 atom stereocenters. The Kier molecular flexibility index (Phi) is 3.04. The minimum Gasteiger partial charge on any atom is -0.368 e.